The van der Waals surface area contributed by atoms with Gasteiger partial charge < -0.3 is 4.74 Å². The Morgan fingerprint density at radius 3 is 2.62 bits per heavy atom. The highest BCUT2D eigenvalue weighted by molar-refractivity contribution is 9.10. The van der Waals surface area contributed by atoms with Crippen LogP contribution >= 0.6 is 15.9 Å². The molecule has 124 valence electrons. The molecule has 3 nitrogen and oxygen atoms in total. The molecule has 2 aromatic carbocycles. The number of halogens is 3. The van der Waals surface area contributed by atoms with Crippen molar-refractivity contribution in [1.29, 1.82) is 0 Å². The van der Waals surface area contributed by atoms with Gasteiger partial charge in [0.25, 0.3) is 0 Å². The first kappa shape index (κ1) is 18.0. The van der Waals surface area contributed by atoms with Gasteiger partial charge in [0, 0.05) is 10.5 Å². The van der Waals surface area contributed by atoms with E-state index in [2.05, 4.69) is 15.9 Å². The predicted molar refractivity (Wildman–Crippen MR) is 89.6 cm³/mol. The van der Waals surface area contributed by atoms with Crippen molar-refractivity contribution < 1.29 is 23.1 Å². The Balaban J connectivity index is 1.96. The van der Waals surface area contributed by atoms with E-state index in [1.54, 1.807) is 0 Å². The van der Waals surface area contributed by atoms with Gasteiger partial charge in [-0.15, -0.1) is 0 Å². The minimum Gasteiger partial charge on any atom is -0.454 e. The van der Waals surface area contributed by atoms with Gasteiger partial charge in [-0.25, -0.2) is 13.6 Å². The molecule has 0 atom stereocenters. The van der Waals surface area contributed by atoms with Crippen LogP contribution in [0.2, 0.25) is 0 Å². The van der Waals surface area contributed by atoms with Gasteiger partial charge in [-0.1, -0.05) is 28.1 Å². The van der Waals surface area contributed by atoms with Gasteiger partial charge in [-0.2, -0.15) is 0 Å². The summed E-state index contributed by atoms with van der Waals surface area (Å²) in [6, 6.07) is 8.11. The lowest BCUT2D eigenvalue weighted by atomic mass is 10.1. The Morgan fingerprint density at radius 2 is 1.92 bits per heavy atom. The summed E-state index contributed by atoms with van der Waals surface area (Å²) in [6.07, 6.45) is 2.68. The summed E-state index contributed by atoms with van der Waals surface area (Å²) in [5.74, 6) is -3.18. The first-order valence-electron chi connectivity index (χ1n) is 6.96. The Hall–Kier alpha value is -2.34. The Morgan fingerprint density at radius 1 is 1.17 bits per heavy atom. The molecule has 2 aromatic rings. The maximum Gasteiger partial charge on any atom is 0.331 e. The molecule has 0 unspecified atom stereocenters. The van der Waals surface area contributed by atoms with Crippen LogP contribution in [0.4, 0.5) is 8.78 Å². The zero-order valence-corrected chi connectivity index (χ0v) is 14.3. The molecule has 0 heterocycles. The standard InChI is InChI=1S/C18H13BrF2O3/c1-11-2-3-12(15(19)8-11)4-7-18(23)24-10-17(22)14-9-13(20)5-6-16(14)21/h2-9H,10H2,1H3/b7-4+. The highest BCUT2D eigenvalue weighted by Crippen LogP contribution is 2.19. The Kier molecular flexibility index (Phi) is 5.98. The molecule has 0 radical (unpaired) electrons. The summed E-state index contributed by atoms with van der Waals surface area (Å²) in [5.41, 5.74) is 1.37. The maximum atomic E-state index is 13.4. The summed E-state index contributed by atoms with van der Waals surface area (Å²) in [6.45, 7) is 1.27. The molecule has 0 aliphatic rings. The largest absolute Gasteiger partial charge is 0.454 e. The molecule has 24 heavy (non-hydrogen) atoms. The summed E-state index contributed by atoms with van der Waals surface area (Å²) in [4.78, 5) is 23.4. The third kappa shape index (κ3) is 4.83. The number of carbonyl (C=O) groups is 2. The van der Waals surface area contributed by atoms with Crippen LogP contribution in [0.25, 0.3) is 6.08 Å². The van der Waals surface area contributed by atoms with Crippen molar-refractivity contribution in [2.75, 3.05) is 6.61 Å². The van der Waals surface area contributed by atoms with E-state index in [9.17, 15) is 18.4 Å². The molecular weight excluding hydrogens is 382 g/mol. The highest BCUT2D eigenvalue weighted by Gasteiger charge is 2.14. The first-order valence-corrected chi connectivity index (χ1v) is 7.75. The average Bonchev–Trinajstić information content (AvgIpc) is 2.54. The fourth-order valence-electron chi connectivity index (χ4n) is 1.90. The van der Waals surface area contributed by atoms with Crippen molar-refractivity contribution in [1.82, 2.24) is 0 Å². The number of benzene rings is 2. The number of hydrogen-bond donors (Lipinski definition) is 0. The number of hydrogen-bond acceptors (Lipinski definition) is 3. The fraction of sp³-hybridized carbons (Fsp3) is 0.111. The van der Waals surface area contributed by atoms with Crippen LogP contribution in [-0.4, -0.2) is 18.4 Å². The third-order valence-electron chi connectivity index (χ3n) is 3.13. The van der Waals surface area contributed by atoms with Crippen LogP contribution in [-0.2, 0) is 9.53 Å². The Bertz CT molecular complexity index is 816. The molecule has 0 bridgehead atoms. The zero-order chi connectivity index (χ0) is 17.7. The predicted octanol–water partition coefficient (Wildman–Crippen LogP) is 4.48. The molecule has 0 saturated heterocycles. The molecule has 0 N–H and O–H groups in total. The number of carbonyl (C=O) groups excluding carboxylic acids is 2. The quantitative estimate of drug-likeness (QED) is 0.426. The van der Waals surface area contributed by atoms with Crippen LogP contribution in [0.3, 0.4) is 0 Å². The van der Waals surface area contributed by atoms with E-state index < -0.39 is 35.6 Å². The molecule has 0 saturated carbocycles. The average molecular weight is 395 g/mol. The van der Waals surface area contributed by atoms with Gasteiger partial charge >= 0.3 is 5.97 Å². The summed E-state index contributed by atoms with van der Waals surface area (Å²) < 4.78 is 32.1. The van der Waals surface area contributed by atoms with Crippen LogP contribution in [0, 0.1) is 18.6 Å². The number of esters is 1. The number of Topliss-reactive ketones (excluding diaryl/α,β-unsaturated/α-hetero) is 1. The highest BCUT2D eigenvalue weighted by atomic mass is 79.9. The minimum atomic E-state index is -0.864. The van der Waals surface area contributed by atoms with Crippen molar-refractivity contribution in [2.45, 2.75) is 6.92 Å². The van der Waals surface area contributed by atoms with Gasteiger partial charge in [-0.3, -0.25) is 4.79 Å². The monoisotopic (exact) mass is 394 g/mol. The van der Waals surface area contributed by atoms with E-state index >= 15 is 0 Å². The van der Waals surface area contributed by atoms with Gasteiger partial charge in [0.2, 0.25) is 5.78 Å². The van der Waals surface area contributed by atoms with Crippen LogP contribution in [0.15, 0.2) is 46.9 Å². The number of rotatable bonds is 5. The molecule has 0 aliphatic carbocycles. The van der Waals surface area contributed by atoms with Crippen molar-refractivity contribution in [3.05, 3.63) is 75.3 Å². The molecule has 0 amide bonds. The topological polar surface area (TPSA) is 43.4 Å². The lowest BCUT2D eigenvalue weighted by Crippen LogP contribution is -2.14. The normalized spacial score (nSPS) is 10.8. The second kappa shape index (κ2) is 7.97. The van der Waals surface area contributed by atoms with Crippen LogP contribution < -0.4 is 0 Å². The molecule has 6 heteroatoms. The van der Waals surface area contributed by atoms with Gasteiger partial charge in [0.15, 0.2) is 6.61 Å². The third-order valence-corrected chi connectivity index (χ3v) is 3.82. The molecular formula is C18H13BrF2O3. The molecule has 0 fully saturated rings. The van der Waals surface area contributed by atoms with Gasteiger partial charge in [0.05, 0.1) is 5.56 Å². The van der Waals surface area contributed by atoms with E-state index in [-0.39, 0.29) is 0 Å². The number of aryl methyl sites for hydroxylation is 1. The zero-order valence-electron chi connectivity index (χ0n) is 12.7. The van der Waals surface area contributed by atoms with Gasteiger partial charge in [-0.05, 0) is 48.4 Å². The second-order valence-corrected chi connectivity index (χ2v) is 5.87. The van der Waals surface area contributed by atoms with Crippen molar-refractivity contribution in [2.24, 2.45) is 0 Å². The smallest absolute Gasteiger partial charge is 0.331 e. The van der Waals surface area contributed by atoms with E-state index in [0.29, 0.717) is 0 Å². The Labute approximate surface area is 146 Å². The second-order valence-electron chi connectivity index (χ2n) is 5.01. The molecule has 0 spiro atoms. The van der Waals surface area contributed by atoms with Crippen molar-refractivity contribution in [3.8, 4) is 0 Å². The molecule has 0 aliphatic heterocycles. The number of ether oxygens (including phenoxy) is 1. The maximum absolute atomic E-state index is 13.4. The minimum absolute atomic E-state index is 0.451. The van der Waals surface area contributed by atoms with Crippen molar-refractivity contribution in [3.63, 3.8) is 0 Å². The summed E-state index contributed by atoms with van der Waals surface area (Å²) in [5, 5.41) is 0. The van der Waals surface area contributed by atoms with Crippen LogP contribution in [0.5, 0.6) is 0 Å². The fourth-order valence-corrected chi connectivity index (χ4v) is 2.52. The summed E-state index contributed by atoms with van der Waals surface area (Å²) in [7, 11) is 0. The first-order chi connectivity index (χ1) is 11.4. The lowest BCUT2D eigenvalue weighted by Gasteiger charge is -2.04. The lowest BCUT2D eigenvalue weighted by molar-refractivity contribution is -0.136. The van der Waals surface area contributed by atoms with Crippen molar-refractivity contribution >= 4 is 33.8 Å². The van der Waals surface area contributed by atoms with E-state index in [4.69, 9.17) is 4.74 Å². The van der Waals surface area contributed by atoms with Crippen LogP contribution in [0.1, 0.15) is 21.5 Å². The SMILES string of the molecule is Cc1ccc(/C=C/C(=O)OCC(=O)c2cc(F)ccc2F)c(Br)c1. The summed E-state index contributed by atoms with van der Waals surface area (Å²) >= 11 is 3.37. The van der Waals surface area contributed by atoms with Gasteiger partial charge in [0.1, 0.15) is 11.6 Å². The van der Waals surface area contributed by atoms with E-state index in [0.717, 1.165) is 39.9 Å². The number of ketones is 1. The molecule has 2 rings (SSSR count). The molecule has 0 aromatic heterocycles. The van der Waals surface area contributed by atoms with E-state index in [1.807, 2.05) is 25.1 Å². The van der Waals surface area contributed by atoms with E-state index in [1.165, 1.54) is 6.08 Å².